The first-order chi connectivity index (χ1) is 8.34. The Labute approximate surface area is 103 Å². The minimum Gasteiger partial charge on any atom is -0.480 e. The zero-order valence-corrected chi connectivity index (χ0v) is 10.4. The highest BCUT2D eigenvalue weighted by molar-refractivity contribution is 7.89. The second-order valence-electron chi connectivity index (χ2n) is 4.18. The van der Waals surface area contributed by atoms with Crippen LogP contribution in [0.4, 0.5) is 0 Å². The van der Waals surface area contributed by atoms with E-state index in [1.165, 1.54) is 6.92 Å². The van der Waals surface area contributed by atoms with Crippen LogP contribution in [0.15, 0.2) is 11.1 Å². The molecule has 2 atom stereocenters. The number of aliphatic carboxylic acids is 1. The van der Waals surface area contributed by atoms with Crippen molar-refractivity contribution in [2.45, 2.75) is 30.4 Å². The Bertz CT molecular complexity index is 567. The molecular formula is C9H13N3O5S. The van der Waals surface area contributed by atoms with Gasteiger partial charge in [0, 0.05) is 13.0 Å². The van der Waals surface area contributed by atoms with Gasteiger partial charge in [-0.25, -0.2) is 8.42 Å². The molecule has 1 aromatic heterocycles. The molecule has 1 fully saturated rings. The molecule has 0 bridgehead atoms. The molecule has 2 rings (SSSR count). The first-order valence-electron chi connectivity index (χ1n) is 5.26. The minimum absolute atomic E-state index is 0.0668. The average Bonchev–Trinajstić information content (AvgIpc) is 2.84. The van der Waals surface area contributed by atoms with Crippen LogP contribution < -0.4 is 0 Å². The second kappa shape index (κ2) is 4.34. The van der Waals surface area contributed by atoms with Crippen LogP contribution in [0.25, 0.3) is 0 Å². The zero-order chi connectivity index (χ0) is 13.5. The van der Waals surface area contributed by atoms with Crippen molar-refractivity contribution < 1.29 is 23.4 Å². The van der Waals surface area contributed by atoms with Gasteiger partial charge in [0.25, 0.3) is 0 Å². The molecule has 0 amide bonds. The van der Waals surface area contributed by atoms with Gasteiger partial charge in [0.05, 0.1) is 18.0 Å². The first kappa shape index (κ1) is 13.0. The lowest BCUT2D eigenvalue weighted by molar-refractivity contribution is -0.140. The highest BCUT2D eigenvalue weighted by atomic mass is 32.2. The van der Waals surface area contributed by atoms with Gasteiger partial charge < -0.3 is 10.2 Å². The number of H-pyrrole nitrogens is 1. The number of rotatable bonds is 3. The predicted octanol–water partition coefficient (Wildman–Crippen LogP) is -1.07. The molecule has 1 aliphatic heterocycles. The summed E-state index contributed by atoms with van der Waals surface area (Å²) in [7, 11) is -3.95. The van der Waals surface area contributed by atoms with Crippen LogP contribution in [-0.2, 0) is 14.8 Å². The fourth-order valence-electron chi connectivity index (χ4n) is 2.00. The summed E-state index contributed by atoms with van der Waals surface area (Å²) < 4.78 is 25.3. The van der Waals surface area contributed by atoms with Crippen LogP contribution >= 0.6 is 0 Å². The fourth-order valence-corrected chi connectivity index (χ4v) is 3.75. The summed E-state index contributed by atoms with van der Waals surface area (Å²) in [5.41, 5.74) is 0.334. The Morgan fingerprint density at radius 3 is 2.78 bits per heavy atom. The van der Waals surface area contributed by atoms with E-state index in [0.717, 1.165) is 10.5 Å². The number of hydrogen-bond acceptors (Lipinski definition) is 5. The standard InChI is InChI=1S/C9H13N3O5S/c1-5-8(3-10-11-5)18(16,17)12-4-6(13)2-7(12)9(14)15/h3,6-7,13H,2,4H2,1H3,(H,10,11)(H,14,15). The summed E-state index contributed by atoms with van der Waals surface area (Å²) in [6, 6.07) is -1.24. The van der Waals surface area contributed by atoms with Crippen molar-refractivity contribution >= 4 is 16.0 Å². The van der Waals surface area contributed by atoms with Gasteiger partial charge in [0.1, 0.15) is 10.9 Å². The highest BCUT2D eigenvalue weighted by Gasteiger charge is 2.44. The van der Waals surface area contributed by atoms with Crippen LogP contribution in [0, 0.1) is 6.92 Å². The lowest BCUT2D eigenvalue weighted by atomic mass is 10.2. The van der Waals surface area contributed by atoms with Gasteiger partial charge in [0.2, 0.25) is 10.0 Å². The van der Waals surface area contributed by atoms with Crippen LogP contribution in [0.3, 0.4) is 0 Å². The van der Waals surface area contributed by atoms with Gasteiger partial charge in [-0.05, 0) is 6.92 Å². The smallest absolute Gasteiger partial charge is 0.322 e. The largest absolute Gasteiger partial charge is 0.480 e. The molecule has 2 heterocycles. The lowest BCUT2D eigenvalue weighted by Gasteiger charge is -2.20. The van der Waals surface area contributed by atoms with E-state index in [0.29, 0.717) is 5.69 Å². The lowest BCUT2D eigenvalue weighted by Crippen LogP contribution is -2.40. The summed E-state index contributed by atoms with van der Waals surface area (Å²) in [6.07, 6.45) is 0.0628. The van der Waals surface area contributed by atoms with Gasteiger partial charge in [-0.3, -0.25) is 9.89 Å². The van der Waals surface area contributed by atoms with E-state index in [1.807, 2.05) is 0 Å². The van der Waals surface area contributed by atoms with Crippen molar-refractivity contribution in [2.24, 2.45) is 0 Å². The molecular weight excluding hydrogens is 262 g/mol. The molecule has 1 saturated heterocycles. The number of sulfonamides is 1. The topological polar surface area (TPSA) is 124 Å². The molecule has 100 valence electrons. The predicted molar refractivity (Wildman–Crippen MR) is 59.3 cm³/mol. The Morgan fingerprint density at radius 1 is 1.61 bits per heavy atom. The molecule has 8 nitrogen and oxygen atoms in total. The molecule has 1 aliphatic rings. The zero-order valence-electron chi connectivity index (χ0n) is 9.57. The van der Waals surface area contributed by atoms with Gasteiger partial charge >= 0.3 is 5.97 Å². The number of carboxylic acid groups (broad SMARTS) is 1. The molecule has 18 heavy (non-hydrogen) atoms. The van der Waals surface area contributed by atoms with Crippen molar-refractivity contribution in [3.05, 3.63) is 11.9 Å². The average molecular weight is 275 g/mol. The van der Waals surface area contributed by atoms with E-state index >= 15 is 0 Å². The Balaban J connectivity index is 2.41. The number of nitrogens with one attached hydrogen (secondary N) is 1. The van der Waals surface area contributed by atoms with Crippen molar-refractivity contribution in [3.8, 4) is 0 Å². The molecule has 9 heteroatoms. The molecule has 0 aromatic carbocycles. The quantitative estimate of drug-likeness (QED) is 0.645. The fraction of sp³-hybridized carbons (Fsp3) is 0.556. The number of hydrogen-bond donors (Lipinski definition) is 3. The first-order valence-corrected chi connectivity index (χ1v) is 6.70. The van der Waals surface area contributed by atoms with Crippen LogP contribution in [0.5, 0.6) is 0 Å². The molecule has 0 saturated carbocycles. The normalized spacial score (nSPS) is 25.4. The summed E-state index contributed by atoms with van der Waals surface area (Å²) in [4.78, 5) is 11.0. The third kappa shape index (κ3) is 2.00. The van der Waals surface area contributed by atoms with E-state index in [1.54, 1.807) is 0 Å². The molecule has 0 spiro atoms. The maximum Gasteiger partial charge on any atom is 0.322 e. The Kier molecular flexibility index (Phi) is 3.13. The number of aromatic amines is 1. The SMILES string of the molecule is Cc1[nH]ncc1S(=O)(=O)N1CC(O)CC1C(=O)O. The van der Waals surface area contributed by atoms with Gasteiger partial charge in [-0.2, -0.15) is 9.40 Å². The molecule has 3 N–H and O–H groups in total. The van der Waals surface area contributed by atoms with Crippen molar-refractivity contribution in [2.75, 3.05) is 6.54 Å². The van der Waals surface area contributed by atoms with Crippen molar-refractivity contribution in [3.63, 3.8) is 0 Å². The van der Waals surface area contributed by atoms with E-state index in [9.17, 15) is 18.3 Å². The van der Waals surface area contributed by atoms with Gasteiger partial charge in [-0.15, -0.1) is 0 Å². The molecule has 0 radical (unpaired) electrons. The third-order valence-electron chi connectivity index (χ3n) is 2.89. The maximum absolute atomic E-state index is 12.3. The number of aliphatic hydroxyl groups excluding tert-OH is 1. The second-order valence-corrected chi connectivity index (χ2v) is 6.04. The van der Waals surface area contributed by atoms with E-state index in [4.69, 9.17) is 5.11 Å². The number of carboxylic acids is 1. The number of aliphatic hydroxyl groups is 1. The van der Waals surface area contributed by atoms with Crippen molar-refractivity contribution in [1.29, 1.82) is 0 Å². The molecule has 2 unspecified atom stereocenters. The number of nitrogens with zero attached hydrogens (tertiary/aromatic N) is 2. The molecule has 0 aliphatic carbocycles. The van der Waals surface area contributed by atoms with Crippen LogP contribution in [0.2, 0.25) is 0 Å². The summed E-state index contributed by atoms with van der Waals surface area (Å²) in [5, 5.41) is 24.5. The summed E-state index contributed by atoms with van der Waals surface area (Å²) in [5.74, 6) is -1.27. The number of carbonyl (C=O) groups is 1. The maximum atomic E-state index is 12.3. The number of aryl methyl sites for hydroxylation is 1. The third-order valence-corrected chi connectivity index (χ3v) is 4.88. The monoisotopic (exact) mass is 275 g/mol. The van der Waals surface area contributed by atoms with E-state index in [-0.39, 0.29) is 17.9 Å². The van der Waals surface area contributed by atoms with E-state index < -0.39 is 28.1 Å². The van der Waals surface area contributed by atoms with Crippen LogP contribution in [-0.4, -0.2) is 57.8 Å². The highest BCUT2D eigenvalue weighted by Crippen LogP contribution is 2.27. The number of β-amino-alcohol motifs (C(OH)–C–C–N with tert-alkyl or cyclic N) is 1. The Hall–Kier alpha value is -1.45. The summed E-state index contributed by atoms with van der Waals surface area (Å²) in [6.45, 7) is 1.31. The van der Waals surface area contributed by atoms with Crippen molar-refractivity contribution in [1.82, 2.24) is 14.5 Å². The molecule has 1 aromatic rings. The van der Waals surface area contributed by atoms with Crippen LogP contribution in [0.1, 0.15) is 12.1 Å². The Morgan fingerprint density at radius 2 is 2.28 bits per heavy atom. The van der Waals surface area contributed by atoms with Gasteiger partial charge in [0.15, 0.2) is 0 Å². The minimum atomic E-state index is -3.95. The number of aromatic nitrogens is 2. The van der Waals surface area contributed by atoms with E-state index in [2.05, 4.69) is 10.2 Å². The summed E-state index contributed by atoms with van der Waals surface area (Å²) >= 11 is 0. The van der Waals surface area contributed by atoms with Gasteiger partial charge in [-0.1, -0.05) is 0 Å².